The van der Waals surface area contributed by atoms with E-state index in [2.05, 4.69) is 19.1 Å². The van der Waals surface area contributed by atoms with Gasteiger partial charge < -0.3 is 4.74 Å². The van der Waals surface area contributed by atoms with Crippen LogP contribution in [0.1, 0.15) is 63.9 Å². The van der Waals surface area contributed by atoms with Crippen molar-refractivity contribution in [2.24, 2.45) is 17.8 Å². The maximum absolute atomic E-state index is 14.5. The Morgan fingerprint density at radius 3 is 2.32 bits per heavy atom. The van der Waals surface area contributed by atoms with Crippen LogP contribution in [0.15, 0.2) is 36.4 Å². The Labute approximate surface area is 167 Å². The third-order valence-electron chi connectivity index (χ3n) is 7.01. The minimum Gasteiger partial charge on any atom is -0.491 e. The van der Waals surface area contributed by atoms with E-state index in [1.165, 1.54) is 50.2 Å². The Balaban J connectivity index is 1.53. The fourth-order valence-corrected chi connectivity index (χ4v) is 5.79. The van der Waals surface area contributed by atoms with Gasteiger partial charge in [-0.1, -0.05) is 44.0 Å². The van der Waals surface area contributed by atoms with E-state index >= 15 is 0 Å². The molecule has 3 heteroatoms. The van der Waals surface area contributed by atoms with Crippen LogP contribution in [0, 0.1) is 29.4 Å². The summed E-state index contributed by atoms with van der Waals surface area (Å²) in [6.07, 6.45) is 8.00. The minimum atomic E-state index is -0.907. The van der Waals surface area contributed by atoms with E-state index in [1.54, 1.807) is 13.0 Å². The van der Waals surface area contributed by atoms with Gasteiger partial charge in [-0.3, -0.25) is 0 Å². The van der Waals surface area contributed by atoms with Gasteiger partial charge in [0.1, 0.15) is 0 Å². The number of fused-ring (bicyclic) bond motifs is 1. The van der Waals surface area contributed by atoms with Crippen LogP contribution in [0.3, 0.4) is 0 Å². The molecule has 150 valence electrons. The molecule has 0 saturated heterocycles. The molecule has 28 heavy (non-hydrogen) atoms. The Kier molecular flexibility index (Phi) is 5.70. The zero-order valence-electron chi connectivity index (χ0n) is 16.9. The summed E-state index contributed by atoms with van der Waals surface area (Å²) < 4.78 is 33.9. The molecule has 0 aromatic heterocycles. The molecule has 2 aromatic carbocycles. The van der Waals surface area contributed by atoms with E-state index < -0.39 is 11.6 Å². The lowest BCUT2D eigenvalue weighted by Crippen LogP contribution is -2.12. The fraction of sp³-hybridized carbons (Fsp3) is 0.520. The molecule has 1 nitrogen and oxygen atoms in total. The quantitative estimate of drug-likeness (QED) is 0.506. The molecule has 2 saturated carbocycles. The number of hydrogen-bond donors (Lipinski definition) is 0. The second-order valence-electron chi connectivity index (χ2n) is 8.43. The molecule has 0 spiro atoms. The van der Waals surface area contributed by atoms with Crippen LogP contribution in [0.25, 0.3) is 11.1 Å². The van der Waals surface area contributed by atoms with Gasteiger partial charge in [-0.2, -0.15) is 4.39 Å². The standard InChI is InChI=1S/C25H30F2O/c1-3-5-16-10-11-22-19(16)12-13-20(22)17-6-8-18(9-7-17)21-14-15-23(28-4-2)25(27)24(21)26/h6-9,14-16,19-20,22H,3-5,10-13H2,1-2H3/t16?,19-,20?,22+/m0/s1. The van der Waals surface area contributed by atoms with E-state index in [4.69, 9.17) is 4.74 Å². The molecule has 2 fully saturated rings. The zero-order valence-corrected chi connectivity index (χ0v) is 16.9. The van der Waals surface area contributed by atoms with Crippen LogP contribution in [-0.4, -0.2) is 6.61 Å². The highest BCUT2D eigenvalue weighted by atomic mass is 19.2. The Morgan fingerprint density at radius 1 is 0.857 bits per heavy atom. The topological polar surface area (TPSA) is 9.23 Å². The average Bonchev–Trinajstić information content (AvgIpc) is 3.29. The Morgan fingerprint density at radius 2 is 1.61 bits per heavy atom. The molecule has 0 N–H and O–H groups in total. The lowest BCUT2D eigenvalue weighted by Gasteiger charge is -2.21. The SMILES string of the molecule is CCCC1CC[C@H]2C(c3ccc(-c4ccc(OCC)c(F)c4F)cc3)CC[C@@H]12. The monoisotopic (exact) mass is 384 g/mol. The highest BCUT2D eigenvalue weighted by Gasteiger charge is 2.44. The molecule has 0 radical (unpaired) electrons. The van der Waals surface area contributed by atoms with Crippen LogP contribution < -0.4 is 4.74 Å². The average molecular weight is 385 g/mol. The van der Waals surface area contributed by atoms with Gasteiger partial charge in [-0.25, -0.2) is 4.39 Å². The Bertz CT molecular complexity index is 814. The molecule has 2 aromatic rings. The summed E-state index contributed by atoms with van der Waals surface area (Å²) >= 11 is 0. The fourth-order valence-electron chi connectivity index (χ4n) is 5.79. The molecule has 0 bridgehead atoms. The first-order valence-corrected chi connectivity index (χ1v) is 10.8. The van der Waals surface area contributed by atoms with E-state index in [-0.39, 0.29) is 5.75 Å². The number of hydrogen-bond acceptors (Lipinski definition) is 1. The van der Waals surface area contributed by atoms with Gasteiger partial charge in [0.15, 0.2) is 11.6 Å². The molecule has 0 heterocycles. The lowest BCUT2D eigenvalue weighted by atomic mass is 9.84. The highest BCUT2D eigenvalue weighted by molar-refractivity contribution is 5.65. The molecule has 2 aliphatic carbocycles. The second kappa shape index (κ2) is 8.23. The molecule has 0 amide bonds. The van der Waals surface area contributed by atoms with Crippen LogP contribution in [0.5, 0.6) is 5.75 Å². The van der Waals surface area contributed by atoms with Crippen molar-refractivity contribution < 1.29 is 13.5 Å². The predicted octanol–water partition coefficient (Wildman–Crippen LogP) is 7.35. The lowest BCUT2D eigenvalue weighted by molar-refractivity contribution is 0.314. The summed E-state index contributed by atoms with van der Waals surface area (Å²) in [7, 11) is 0. The Hall–Kier alpha value is -1.90. The van der Waals surface area contributed by atoms with Gasteiger partial charge >= 0.3 is 0 Å². The first kappa shape index (κ1) is 19.4. The summed E-state index contributed by atoms with van der Waals surface area (Å²) in [6.45, 7) is 4.36. The van der Waals surface area contributed by atoms with E-state index in [0.717, 1.165) is 17.8 Å². The van der Waals surface area contributed by atoms with Crippen molar-refractivity contribution in [2.45, 2.75) is 58.3 Å². The normalized spacial score (nSPS) is 26.4. The maximum atomic E-state index is 14.5. The highest BCUT2D eigenvalue weighted by Crippen LogP contribution is 2.55. The summed E-state index contributed by atoms with van der Waals surface area (Å²) in [5.74, 6) is 1.47. The summed E-state index contributed by atoms with van der Waals surface area (Å²) in [6, 6.07) is 11.3. The van der Waals surface area contributed by atoms with Crippen molar-refractivity contribution in [1.29, 1.82) is 0 Å². The first-order chi connectivity index (χ1) is 13.6. The van der Waals surface area contributed by atoms with Crippen molar-refractivity contribution in [3.63, 3.8) is 0 Å². The number of benzene rings is 2. The number of halogens is 2. The van der Waals surface area contributed by atoms with E-state index in [0.29, 0.717) is 23.7 Å². The van der Waals surface area contributed by atoms with Gasteiger partial charge in [0.25, 0.3) is 0 Å². The van der Waals surface area contributed by atoms with Crippen molar-refractivity contribution >= 4 is 0 Å². The van der Waals surface area contributed by atoms with Gasteiger partial charge in [0, 0.05) is 5.56 Å². The minimum absolute atomic E-state index is 0.0276. The molecule has 4 atom stereocenters. The van der Waals surface area contributed by atoms with Crippen molar-refractivity contribution in [3.05, 3.63) is 53.6 Å². The molecule has 2 aliphatic rings. The molecule has 2 unspecified atom stereocenters. The molecular weight excluding hydrogens is 354 g/mol. The maximum Gasteiger partial charge on any atom is 0.201 e. The van der Waals surface area contributed by atoms with Gasteiger partial charge in [-0.05, 0) is 79.5 Å². The van der Waals surface area contributed by atoms with Gasteiger partial charge in [0.05, 0.1) is 6.61 Å². The summed E-state index contributed by atoms with van der Waals surface area (Å²) in [5.41, 5.74) is 2.37. The molecule has 4 rings (SSSR count). The third kappa shape index (κ3) is 3.44. The van der Waals surface area contributed by atoms with Gasteiger partial charge in [0.2, 0.25) is 5.82 Å². The first-order valence-electron chi connectivity index (χ1n) is 10.8. The second-order valence-corrected chi connectivity index (χ2v) is 8.43. The number of ether oxygens (including phenoxy) is 1. The predicted molar refractivity (Wildman–Crippen MR) is 110 cm³/mol. The van der Waals surface area contributed by atoms with Crippen LogP contribution in [-0.2, 0) is 0 Å². The van der Waals surface area contributed by atoms with Crippen LogP contribution >= 0.6 is 0 Å². The number of rotatable bonds is 6. The smallest absolute Gasteiger partial charge is 0.201 e. The zero-order chi connectivity index (χ0) is 19.7. The van der Waals surface area contributed by atoms with Crippen molar-refractivity contribution in [2.75, 3.05) is 6.61 Å². The summed E-state index contributed by atoms with van der Waals surface area (Å²) in [5, 5.41) is 0. The third-order valence-corrected chi connectivity index (χ3v) is 7.01. The molecular formula is C25H30F2O. The largest absolute Gasteiger partial charge is 0.491 e. The van der Waals surface area contributed by atoms with E-state index in [1.807, 2.05) is 12.1 Å². The van der Waals surface area contributed by atoms with Crippen LogP contribution in [0.2, 0.25) is 0 Å². The van der Waals surface area contributed by atoms with Crippen molar-refractivity contribution in [3.8, 4) is 16.9 Å². The molecule has 0 aliphatic heterocycles. The van der Waals surface area contributed by atoms with Gasteiger partial charge in [-0.15, -0.1) is 0 Å². The van der Waals surface area contributed by atoms with E-state index in [9.17, 15) is 8.78 Å². The van der Waals surface area contributed by atoms with Crippen LogP contribution in [0.4, 0.5) is 8.78 Å². The summed E-state index contributed by atoms with van der Waals surface area (Å²) in [4.78, 5) is 0. The van der Waals surface area contributed by atoms with Crippen molar-refractivity contribution in [1.82, 2.24) is 0 Å².